The number of nitrogens with two attached hydrogens (primary N) is 1. The zero-order valence-corrected chi connectivity index (χ0v) is 9.81. The fraction of sp³-hybridized carbons (Fsp3) is 0.385. The summed E-state index contributed by atoms with van der Waals surface area (Å²) in [6.07, 6.45) is 2.11. The Hall–Kier alpha value is -1.48. The van der Waals surface area contributed by atoms with Crippen LogP contribution < -0.4 is 10.5 Å². The molecule has 3 nitrogen and oxygen atoms in total. The van der Waals surface area contributed by atoms with E-state index in [9.17, 15) is 0 Å². The van der Waals surface area contributed by atoms with Crippen molar-refractivity contribution in [1.29, 1.82) is 0 Å². The average molecular weight is 218 g/mol. The van der Waals surface area contributed by atoms with Crippen molar-refractivity contribution >= 4 is 10.9 Å². The summed E-state index contributed by atoms with van der Waals surface area (Å²) in [7, 11) is 1.69. The molecule has 16 heavy (non-hydrogen) atoms. The second-order valence-corrected chi connectivity index (χ2v) is 4.23. The van der Waals surface area contributed by atoms with Crippen LogP contribution in [0.25, 0.3) is 10.9 Å². The van der Waals surface area contributed by atoms with Gasteiger partial charge in [-0.1, -0.05) is 6.92 Å². The summed E-state index contributed by atoms with van der Waals surface area (Å²) < 4.78 is 7.45. The third-order valence-electron chi connectivity index (χ3n) is 2.89. The quantitative estimate of drug-likeness (QED) is 0.855. The summed E-state index contributed by atoms with van der Waals surface area (Å²) >= 11 is 0. The van der Waals surface area contributed by atoms with Crippen molar-refractivity contribution in [2.24, 2.45) is 11.7 Å². The number of fused-ring (bicyclic) bond motifs is 1. The van der Waals surface area contributed by atoms with Crippen LogP contribution in [0.2, 0.25) is 0 Å². The van der Waals surface area contributed by atoms with Crippen molar-refractivity contribution in [1.82, 2.24) is 4.57 Å². The van der Waals surface area contributed by atoms with Crippen LogP contribution in [-0.4, -0.2) is 18.2 Å². The largest absolute Gasteiger partial charge is 0.497 e. The minimum absolute atomic E-state index is 0.498. The molecule has 0 aliphatic carbocycles. The van der Waals surface area contributed by atoms with Crippen LogP contribution in [0.3, 0.4) is 0 Å². The van der Waals surface area contributed by atoms with Crippen molar-refractivity contribution in [3.8, 4) is 5.75 Å². The van der Waals surface area contributed by atoms with Gasteiger partial charge >= 0.3 is 0 Å². The van der Waals surface area contributed by atoms with Gasteiger partial charge in [-0.25, -0.2) is 0 Å². The van der Waals surface area contributed by atoms with E-state index in [-0.39, 0.29) is 0 Å². The van der Waals surface area contributed by atoms with Crippen LogP contribution in [0.15, 0.2) is 30.5 Å². The Morgan fingerprint density at radius 2 is 2.19 bits per heavy atom. The molecule has 3 heteroatoms. The molecule has 2 rings (SSSR count). The molecule has 2 N–H and O–H groups in total. The summed E-state index contributed by atoms with van der Waals surface area (Å²) in [5, 5.41) is 1.21. The number of rotatable bonds is 4. The highest BCUT2D eigenvalue weighted by atomic mass is 16.5. The topological polar surface area (TPSA) is 40.2 Å². The van der Waals surface area contributed by atoms with E-state index in [1.807, 2.05) is 6.07 Å². The predicted molar refractivity (Wildman–Crippen MR) is 66.7 cm³/mol. The Balaban J connectivity index is 2.34. The van der Waals surface area contributed by atoms with Crippen molar-refractivity contribution < 1.29 is 4.74 Å². The van der Waals surface area contributed by atoms with Gasteiger partial charge in [-0.2, -0.15) is 0 Å². The Morgan fingerprint density at radius 3 is 2.88 bits per heavy atom. The first-order valence-electron chi connectivity index (χ1n) is 5.57. The molecule has 0 amide bonds. The lowest BCUT2D eigenvalue weighted by atomic mass is 10.2. The minimum Gasteiger partial charge on any atom is -0.497 e. The first-order valence-corrected chi connectivity index (χ1v) is 5.57. The maximum Gasteiger partial charge on any atom is 0.119 e. The molecular formula is C13H18N2O. The smallest absolute Gasteiger partial charge is 0.119 e. The van der Waals surface area contributed by atoms with Crippen LogP contribution >= 0.6 is 0 Å². The number of ether oxygens (including phenoxy) is 1. The second kappa shape index (κ2) is 4.58. The zero-order chi connectivity index (χ0) is 11.5. The third-order valence-corrected chi connectivity index (χ3v) is 2.89. The maximum atomic E-state index is 5.65. The molecule has 0 spiro atoms. The summed E-state index contributed by atoms with van der Waals surface area (Å²) in [6, 6.07) is 8.25. The molecule has 0 aliphatic rings. The molecule has 0 saturated carbocycles. The van der Waals surface area contributed by atoms with Crippen molar-refractivity contribution in [2.45, 2.75) is 13.5 Å². The van der Waals surface area contributed by atoms with Gasteiger partial charge in [-0.15, -0.1) is 0 Å². The molecule has 0 fully saturated rings. The maximum absolute atomic E-state index is 5.65. The van der Waals surface area contributed by atoms with Gasteiger partial charge in [0.2, 0.25) is 0 Å². The molecule has 0 saturated heterocycles. The highest BCUT2D eigenvalue weighted by Gasteiger charge is 2.05. The molecule has 1 heterocycles. The minimum atomic E-state index is 0.498. The summed E-state index contributed by atoms with van der Waals surface area (Å²) in [5.41, 5.74) is 6.88. The standard InChI is InChI=1S/C13H18N2O/c1-10(8-14)9-15-6-5-11-7-12(16-2)3-4-13(11)15/h3-7,10H,8-9,14H2,1-2H3. The van der Waals surface area contributed by atoms with Gasteiger partial charge in [0, 0.05) is 23.6 Å². The van der Waals surface area contributed by atoms with Gasteiger partial charge in [-0.3, -0.25) is 0 Å². The van der Waals surface area contributed by atoms with Crippen LogP contribution in [0.1, 0.15) is 6.92 Å². The first-order chi connectivity index (χ1) is 7.74. The lowest BCUT2D eigenvalue weighted by Gasteiger charge is -2.11. The number of aromatic nitrogens is 1. The van der Waals surface area contributed by atoms with E-state index in [1.165, 1.54) is 10.9 Å². The van der Waals surface area contributed by atoms with E-state index in [2.05, 4.69) is 35.9 Å². The molecule has 0 aliphatic heterocycles. The van der Waals surface area contributed by atoms with Crippen molar-refractivity contribution in [2.75, 3.05) is 13.7 Å². The molecule has 1 aromatic carbocycles. The van der Waals surface area contributed by atoms with Gasteiger partial charge in [-0.05, 0) is 36.7 Å². The van der Waals surface area contributed by atoms with Gasteiger partial charge in [0.05, 0.1) is 7.11 Å². The predicted octanol–water partition coefficient (Wildman–Crippen LogP) is 2.24. The summed E-state index contributed by atoms with van der Waals surface area (Å²) in [6.45, 7) is 3.84. The van der Waals surface area contributed by atoms with Gasteiger partial charge in [0.1, 0.15) is 5.75 Å². The lowest BCUT2D eigenvalue weighted by molar-refractivity contribution is 0.415. The molecule has 0 bridgehead atoms. The number of nitrogens with zero attached hydrogens (tertiary/aromatic N) is 1. The Kier molecular flexibility index (Phi) is 3.15. The lowest BCUT2D eigenvalue weighted by Crippen LogP contribution is -2.16. The highest BCUT2D eigenvalue weighted by Crippen LogP contribution is 2.22. The summed E-state index contributed by atoms with van der Waals surface area (Å²) in [4.78, 5) is 0. The van der Waals surface area contributed by atoms with Gasteiger partial charge in [0.25, 0.3) is 0 Å². The SMILES string of the molecule is COc1ccc2c(ccn2CC(C)CN)c1. The molecule has 1 aromatic heterocycles. The van der Waals surface area contributed by atoms with E-state index in [0.29, 0.717) is 5.92 Å². The normalized spacial score (nSPS) is 12.9. The fourth-order valence-electron chi connectivity index (χ4n) is 1.87. The molecule has 1 unspecified atom stereocenters. The zero-order valence-electron chi connectivity index (χ0n) is 9.81. The second-order valence-electron chi connectivity index (χ2n) is 4.23. The molecule has 2 aromatic rings. The van der Waals surface area contributed by atoms with E-state index in [0.717, 1.165) is 18.8 Å². The number of benzene rings is 1. The Labute approximate surface area is 95.8 Å². The van der Waals surface area contributed by atoms with Gasteiger partial charge in [0.15, 0.2) is 0 Å². The van der Waals surface area contributed by atoms with Crippen LogP contribution in [0.4, 0.5) is 0 Å². The van der Waals surface area contributed by atoms with Crippen LogP contribution in [-0.2, 0) is 6.54 Å². The Morgan fingerprint density at radius 1 is 1.38 bits per heavy atom. The van der Waals surface area contributed by atoms with Crippen molar-refractivity contribution in [3.05, 3.63) is 30.5 Å². The van der Waals surface area contributed by atoms with E-state index >= 15 is 0 Å². The average Bonchev–Trinajstić information content (AvgIpc) is 2.71. The Bertz CT molecular complexity index is 476. The van der Waals surface area contributed by atoms with Crippen LogP contribution in [0, 0.1) is 5.92 Å². The van der Waals surface area contributed by atoms with Crippen LogP contribution in [0.5, 0.6) is 5.75 Å². The number of hydrogen-bond acceptors (Lipinski definition) is 2. The van der Waals surface area contributed by atoms with E-state index < -0.39 is 0 Å². The summed E-state index contributed by atoms with van der Waals surface area (Å²) in [5.74, 6) is 1.40. The van der Waals surface area contributed by atoms with Gasteiger partial charge < -0.3 is 15.0 Å². The molecule has 1 atom stereocenters. The number of hydrogen-bond donors (Lipinski definition) is 1. The number of methoxy groups -OCH3 is 1. The van der Waals surface area contributed by atoms with E-state index in [4.69, 9.17) is 10.5 Å². The fourth-order valence-corrected chi connectivity index (χ4v) is 1.87. The highest BCUT2D eigenvalue weighted by molar-refractivity contribution is 5.81. The third kappa shape index (κ3) is 2.04. The molecular weight excluding hydrogens is 200 g/mol. The first kappa shape index (κ1) is 11.0. The molecule has 0 radical (unpaired) electrons. The van der Waals surface area contributed by atoms with Crippen molar-refractivity contribution in [3.63, 3.8) is 0 Å². The molecule has 86 valence electrons. The monoisotopic (exact) mass is 218 g/mol. The van der Waals surface area contributed by atoms with E-state index in [1.54, 1.807) is 7.11 Å².